The zero-order valence-electron chi connectivity index (χ0n) is 12.9. The van der Waals surface area contributed by atoms with Crippen LogP contribution in [-0.2, 0) is 15.7 Å². The van der Waals surface area contributed by atoms with Gasteiger partial charge in [-0.05, 0) is 52.2 Å². The van der Waals surface area contributed by atoms with Crippen molar-refractivity contribution in [3.05, 3.63) is 23.9 Å². The van der Waals surface area contributed by atoms with Gasteiger partial charge in [0.15, 0.2) is 0 Å². The molecule has 4 heteroatoms. The van der Waals surface area contributed by atoms with Gasteiger partial charge in [-0.15, -0.1) is 0 Å². The molecule has 1 aromatic rings. The van der Waals surface area contributed by atoms with Gasteiger partial charge in [-0.3, -0.25) is 4.98 Å². The lowest BCUT2D eigenvalue weighted by Crippen LogP contribution is -2.41. The van der Waals surface area contributed by atoms with E-state index in [-0.39, 0.29) is 18.3 Å². The van der Waals surface area contributed by atoms with E-state index in [2.05, 4.69) is 52.6 Å². The van der Waals surface area contributed by atoms with Crippen molar-refractivity contribution in [2.45, 2.75) is 59.2 Å². The van der Waals surface area contributed by atoms with Gasteiger partial charge in [0.05, 0.1) is 16.8 Å². The minimum atomic E-state index is -0.364. The molecule has 1 aliphatic rings. The van der Waals surface area contributed by atoms with Crippen LogP contribution >= 0.6 is 0 Å². The predicted octanol–water partition coefficient (Wildman–Crippen LogP) is 2.58. The molecule has 1 aliphatic heterocycles. The van der Waals surface area contributed by atoms with Crippen LogP contribution in [0.3, 0.4) is 0 Å². The molecule has 2 heterocycles. The van der Waals surface area contributed by atoms with Gasteiger partial charge in [0.25, 0.3) is 0 Å². The molecule has 2 rings (SSSR count). The number of hydrogen-bond acceptors (Lipinski definition) is 3. The summed E-state index contributed by atoms with van der Waals surface area (Å²) in [5.74, 6) is 0.598. The van der Waals surface area contributed by atoms with Crippen LogP contribution < -0.4 is 5.59 Å². The summed E-state index contributed by atoms with van der Waals surface area (Å²) in [5.41, 5.74) is 1.35. The second-order valence-corrected chi connectivity index (χ2v) is 6.74. The number of pyridine rings is 1. The van der Waals surface area contributed by atoms with Crippen LogP contribution in [0.25, 0.3) is 0 Å². The van der Waals surface area contributed by atoms with Crippen LogP contribution in [0.2, 0.25) is 0 Å². The lowest BCUT2D eigenvalue weighted by molar-refractivity contribution is 0.00578. The highest BCUT2D eigenvalue weighted by atomic mass is 16.7. The summed E-state index contributed by atoms with van der Waals surface area (Å²) in [7, 11) is -0.364. The predicted molar refractivity (Wildman–Crippen MR) is 78.5 cm³/mol. The minimum Gasteiger partial charge on any atom is -0.398 e. The first-order valence-electron chi connectivity index (χ1n) is 7.03. The van der Waals surface area contributed by atoms with Crippen molar-refractivity contribution in [2.24, 2.45) is 5.92 Å². The van der Waals surface area contributed by atoms with E-state index < -0.39 is 0 Å². The van der Waals surface area contributed by atoms with E-state index in [0.29, 0.717) is 5.92 Å². The Balaban J connectivity index is 2.20. The zero-order valence-corrected chi connectivity index (χ0v) is 12.9. The Labute approximate surface area is 116 Å². The number of aromatic nitrogens is 1. The van der Waals surface area contributed by atoms with Crippen LogP contribution in [0.4, 0.5) is 0 Å². The maximum atomic E-state index is 6.03. The molecule has 1 aromatic heterocycles. The van der Waals surface area contributed by atoms with Crippen LogP contribution in [-0.4, -0.2) is 23.3 Å². The molecule has 1 fully saturated rings. The Morgan fingerprint density at radius 1 is 1.11 bits per heavy atom. The van der Waals surface area contributed by atoms with Crippen LogP contribution in [0, 0.1) is 5.92 Å². The average Bonchev–Trinajstić information content (AvgIpc) is 2.47. The van der Waals surface area contributed by atoms with Crippen molar-refractivity contribution < 1.29 is 9.31 Å². The highest BCUT2D eigenvalue weighted by Gasteiger charge is 2.52. The molecule has 0 atom stereocenters. The van der Waals surface area contributed by atoms with E-state index in [4.69, 9.17) is 9.31 Å². The fourth-order valence-electron chi connectivity index (χ4n) is 2.13. The number of rotatable bonds is 3. The van der Waals surface area contributed by atoms with Crippen LogP contribution in [0.15, 0.2) is 18.2 Å². The Bertz CT molecular complexity index is 441. The van der Waals surface area contributed by atoms with E-state index >= 15 is 0 Å². The summed E-state index contributed by atoms with van der Waals surface area (Å²) in [6.45, 7) is 12.6. The fourth-order valence-corrected chi connectivity index (χ4v) is 2.13. The third kappa shape index (κ3) is 3.01. The average molecular weight is 261 g/mol. The van der Waals surface area contributed by atoms with Crippen molar-refractivity contribution in [3.63, 3.8) is 0 Å². The molecule has 0 unspecified atom stereocenters. The van der Waals surface area contributed by atoms with Crippen LogP contribution in [0.5, 0.6) is 0 Å². The Morgan fingerprint density at radius 2 is 1.68 bits per heavy atom. The van der Waals surface area contributed by atoms with Gasteiger partial charge in [-0.25, -0.2) is 0 Å². The maximum Gasteiger partial charge on any atom is 0.514 e. The molecule has 1 saturated heterocycles. The largest absolute Gasteiger partial charge is 0.514 e. The first kappa shape index (κ1) is 14.5. The van der Waals surface area contributed by atoms with Crippen molar-refractivity contribution in [2.75, 3.05) is 0 Å². The van der Waals surface area contributed by atoms with Gasteiger partial charge >= 0.3 is 7.12 Å². The molecule has 0 bridgehead atoms. The second kappa shape index (κ2) is 4.91. The normalized spacial score (nSPS) is 21.1. The summed E-state index contributed by atoms with van der Waals surface area (Å²) < 4.78 is 12.1. The number of hydrogen-bond donors (Lipinski definition) is 0. The molecule has 0 N–H and O–H groups in total. The second-order valence-electron chi connectivity index (χ2n) is 6.74. The summed E-state index contributed by atoms with van der Waals surface area (Å²) in [4.78, 5) is 4.68. The summed E-state index contributed by atoms with van der Waals surface area (Å²) >= 11 is 0. The summed E-state index contributed by atoms with van der Waals surface area (Å²) in [6.07, 6.45) is 0.980. The van der Waals surface area contributed by atoms with E-state index in [9.17, 15) is 0 Å². The third-order valence-electron chi connectivity index (χ3n) is 3.94. The SMILES string of the molecule is CC(C)Cc1cccc(B2OC(C)(C)C(C)(C)O2)n1. The molecule has 0 amide bonds. The van der Waals surface area contributed by atoms with Gasteiger partial charge in [-0.1, -0.05) is 19.9 Å². The molecular weight excluding hydrogens is 237 g/mol. The first-order valence-corrected chi connectivity index (χ1v) is 7.03. The number of nitrogens with zero attached hydrogens (tertiary/aromatic N) is 1. The third-order valence-corrected chi connectivity index (χ3v) is 3.94. The smallest absolute Gasteiger partial charge is 0.398 e. The molecule has 0 radical (unpaired) electrons. The highest BCUT2D eigenvalue weighted by molar-refractivity contribution is 6.61. The van der Waals surface area contributed by atoms with Crippen molar-refractivity contribution in [1.82, 2.24) is 4.98 Å². The monoisotopic (exact) mass is 261 g/mol. The fraction of sp³-hybridized carbons (Fsp3) is 0.667. The lowest BCUT2D eigenvalue weighted by Gasteiger charge is -2.32. The van der Waals surface area contributed by atoms with E-state index in [1.165, 1.54) is 0 Å². The molecule has 0 saturated carbocycles. The van der Waals surface area contributed by atoms with Crippen LogP contribution in [0.1, 0.15) is 47.2 Å². The highest BCUT2D eigenvalue weighted by Crippen LogP contribution is 2.36. The van der Waals surface area contributed by atoms with Crippen molar-refractivity contribution in [1.29, 1.82) is 0 Å². The van der Waals surface area contributed by atoms with Crippen molar-refractivity contribution in [3.8, 4) is 0 Å². The molecule has 104 valence electrons. The zero-order chi connectivity index (χ0) is 14.3. The maximum absolute atomic E-state index is 6.03. The minimum absolute atomic E-state index is 0.312. The Kier molecular flexibility index (Phi) is 3.76. The molecule has 3 nitrogen and oxygen atoms in total. The molecule has 0 spiro atoms. The summed E-state index contributed by atoms with van der Waals surface area (Å²) in [5, 5.41) is 0. The molecule has 19 heavy (non-hydrogen) atoms. The van der Waals surface area contributed by atoms with E-state index in [0.717, 1.165) is 17.7 Å². The van der Waals surface area contributed by atoms with Gasteiger partial charge in [0, 0.05) is 5.69 Å². The summed E-state index contributed by atoms with van der Waals surface area (Å²) in [6, 6.07) is 6.08. The molecular formula is C15H24BNO2. The first-order chi connectivity index (χ1) is 8.71. The Hall–Kier alpha value is -0.865. The Morgan fingerprint density at radius 3 is 2.21 bits per heavy atom. The standard InChI is InChI=1S/C15H24BNO2/c1-11(2)10-12-8-7-9-13(17-12)16-18-14(3,4)15(5,6)19-16/h7-9,11H,10H2,1-6H3. The van der Waals surface area contributed by atoms with Crippen molar-refractivity contribution >= 4 is 12.7 Å². The van der Waals surface area contributed by atoms with Gasteiger partial charge < -0.3 is 9.31 Å². The topological polar surface area (TPSA) is 31.4 Å². The van der Waals surface area contributed by atoms with Gasteiger partial charge in [0.2, 0.25) is 0 Å². The quantitative estimate of drug-likeness (QED) is 0.784. The molecule has 0 aliphatic carbocycles. The van der Waals surface area contributed by atoms with Gasteiger partial charge in [0.1, 0.15) is 0 Å². The van der Waals surface area contributed by atoms with Gasteiger partial charge in [-0.2, -0.15) is 0 Å². The van der Waals surface area contributed by atoms with E-state index in [1.54, 1.807) is 0 Å². The lowest BCUT2D eigenvalue weighted by atomic mass is 9.84. The molecule has 0 aromatic carbocycles. The van der Waals surface area contributed by atoms with E-state index in [1.807, 2.05) is 12.1 Å².